The van der Waals surface area contributed by atoms with Gasteiger partial charge >= 0.3 is 0 Å². The molecule has 0 radical (unpaired) electrons. The molecule has 0 bridgehead atoms. The minimum atomic E-state index is -0.479. The summed E-state index contributed by atoms with van der Waals surface area (Å²) < 4.78 is 0. The van der Waals surface area contributed by atoms with Crippen molar-refractivity contribution in [1.82, 2.24) is 5.32 Å². The van der Waals surface area contributed by atoms with Gasteiger partial charge in [0, 0.05) is 21.3 Å². The van der Waals surface area contributed by atoms with Crippen LogP contribution in [0.4, 0.5) is 5.69 Å². The Hall–Kier alpha value is -3.08. The first kappa shape index (κ1) is 20.6. The first-order chi connectivity index (χ1) is 13.9. The van der Waals surface area contributed by atoms with Crippen molar-refractivity contribution in [3.05, 3.63) is 105 Å². The molecule has 3 aromatic carbocycles. The highest BCUT2D eigenvalue weighted by Gasteiger charge is 2.15. The summed E-state index contributed by atoms with van der Waals surface area (Å²) in [5, 5.41) is 6.46. The number of rotatable bonds is 5. The molecule has 4 nitrogen and oxygen atoms in total. The largest absolute Gasteiger partial charge is 0.321 e. The lowest BCUT2D eigenvalue weighted by molar-refractivity contribution is -0.113. The third-order valence-electron chi connectivity index (χ3n) is 4.11. The molecular weight excluding hydrogens is 407 g/mol. The van der Waals surface area contributed by atoms with E-state index < -0.39 is 11.8 Å². The van der Waals surface area contributed by atoms with E-state index in [0.29, 0.717) is 26.9 Å². The van der Waals surface area contributed by atoms with E-state index in [1.807, 2.05) is 19.1 Å². The van der Waals surface area contributed by atoms with Gasteiger partial charge in [-0.1, -0.05) is 59.1 Å². The van der Waals surface area contributed by atoms with Crippen molar-refractivity contribution in [1.29, 1.82) is 0 Å². The molecule has 0 saturated carbocycles. The lowest BCUT2D eigenvalue weighted by atomic mass is 10.1. The fraction of sp³-hybridized carbons (Fsp3) is 0.0435. The summed E-state index contributed by atoms with van der Waals surface area (Å²) in [7, 11) is 0. The molecule has 2 N–H and O–H groups in total. The molecule has 0 spiro atoms. The average molecular weight is 425 g/mol. The quantitative estimate of drug-likeness (QED) is 0.515. The molecule has 3 aromatic rings. The number of aryl methyl sites for hydroxylation is 1. The maximum absolute atomic E-state index is 12.9. The van der Waals surface area contributed by atoms with E-state index in [1.165, 1.54) is 0 Å². The number of halogens is 2. The van der Waals surface area contributed by atoms with Gasteiger partial charge in [-0.15, -0.1) is 0 Å². The van der Waals surface area contributed by atoms with E-state index in [-0.39, 0.29) is 5.70 Å². The summed E-state index contributed by atoms with van der Waals surface area (Å²) in [6, 6.07) is 20.8. The zero-order chi connectivity index (χ0) is 20.8. The van der Waals surface area contributed by atoms with Crippen LogP contribution in [0.3, 0.4) is 0 Å². The SMILES string of the molecule is Cc1ccc(C(=O)N/C(=C\c2ccccc2Cl)C(=O)Nc2ccc(Cl)cc2)cc1. The number of carbonyl (C=O) groups excluding carboxylic acids is 2. The monoisotopic (exact) mass is 424 g/mol. The van der Waals surface area contributed by atoms with Crippen LogP contribution in [-0.4, -0.2) is 11.8 Å². The van der Waals surface area contributed by atoms with Gasteiger partial charge < -0.3 is 10.6 Å². The highest BCUT2D eigenvalue weighted by molar-refractivity contribution is 6.32. The van der Waals surface area contributed by atoms with E-state index in [2.05, 4.69) is 10.6 Å². The Morgan fingerprint density at radius 3 is 2.17 bits per heavy atom. The van der Waals surface area contributed by atoms with Gasteiger partial charge in [-0.25, -0.2) is 0 Å². The van der Waals surface area contributed by atoms with Crippen LogP contribution in [0.1, 0.15) is 21.5 Å². The molecule has 6 heteroatoms. The molecule has 0 aliphatic heterocycles. The summed E-state index contributed by atoms with van der Waals surface area (Å²) in [5.41, 5.74) is 2.71. The van der Waals surface area contributed by atoms with Crippen LogP contribution in [0.2, 0.25) is 10.0 Å². The van der Waals surface area contributed by atoms with Crippen LogP contribution in [0.25, 0.3) is 6.08 Å². The molecule has 0 aliphatic carbocycles. The molecule has 0 aromatic heterocycles. The Morgan fingerprint density at radius 2 is 1.52 bits per heavy atom. The molecule has 0 fully saturated rings. The molecule has 0 heterocycles. The van der Waals surface area contributed by atoms with E-state index in [9.17, 15) is 9.59 Å². The van der Waals surface area contributed by atoms with Crippen molar-refractivity contribution >= 4 is 46.8 Å². The molecule has 0 aliphatic rings. The third-order valence-corrected chi connectivity index (χ3v) is 4.71. The fourth-order valence-electron chi connectivity index (χ4n) is 2.54. The van der Waals surface area contributed by atoms with E-state index >= 15 is 0 Å². The summed E-state index contributed by atoms with van der Waals surface area (Å²) >= 11 is 12.1. The minimum Gasteiger partial charge on any atom is -0.321 e. The van der Waals surface area contributed by atoms with Gasteiger partial charge in [0.1, 0.15) is 5.70 Å². The smallest absolute Gasteiger partial charge is 0.272 e. The number of hydrogen-bond acceptors (Lipinski definition) is 2. The Labute approximate surface area is 179 Å². The molecule has 0 saturated heterocycles. The zero-order valence-corrected chi connectivity index (χ0v) is 17.1. The number of nitrogens with one attached hydrogen (secondary N) is 2. The molecule has 0 atom stereocenters. The van der Waals surface area contributed by atoms with Crippen molar-refractivity contribution in [3.8, 4) is 0 Å². The second-order valence-electron chi connectivity index (χ2n) is 6.36. The van der Waals surface area contributed by atoms with Crippen molar-refractivity contribution in [2.45, 2.75) is 6.92 Å². The van der Waals surface area contributed by atoms with Gasteiger partial charge in [0.25, 0.3) is 11.8 Å². The van der Waals surface area contributed by atoms with Crippen LogP contribution in [-0.2, 0) is 4.79 Å². The predicted octanol–water partition coefficient (Wildman–Crippen LogP) is 5.71. The maximum atomic E-state index is 12.9. The highest BCUT2D eigenvalue weighted by atomic mass is 35.5. The first-order valence-corrected chi connectivity index (χ1v) is 9.59. The highest BCUT2D eigenvalue weighted by Crippen LogP contribution is 2.19. The number of anilines is 1. The normalized spacial score (nSPS) is 11.1. The predicted molar refractivity (Wildman–Crippen MR) is 118 cm³/mol. The van der Waals surface area contributed by atoms with Crippen LogP contribution < -0.4 is 10.6 Å². The molecule has 0 unspecified atom stereocenters. The minimum absolute atomic E-state index is 0.0682. The second kappa shape index (κ2) is 9.41. The molecule has 3 rings (SSSR count). The number of benzene rings is 3. The Bertz CT molecular complexity index is 1060. The Balaban J connectivity index is 1.89. The van der Waals surface area contributed by atoms with Gasteiger partial charge in [-0.2, -0.15) is 0 Å². The lowest BCUT2D eigenvalue weighted by Gasteiger charge is -2.12. The molecule has 146 valence electrons. The summed E-state index contributed by atoms with van der Waals surface area (Å²) in [6.07, 6.45) is 1.54. The number of carbonyl (C=O) groups is 2. The molecular formula is C23H18Cl2N2O2. The fourth-order valence-corrected chi connectivity index (χ4v) is 2.85. The van der Waals surface area contributed by atoms with E-state index in [0.717, 1.165) is 5.56 Å². The van der Waals surface area contributed by atoms with Crippen LogP contribution >= 0.6 is 23.2 Å². The summed E-state index contributed by atoms with van der Waals surface area (Å²) in [4.78, 5) is 25.5. The standard InChI is InChI=1S/C23H18Cl2N2O2/c1-15-6-8-16(9-7-15)22(28)27-21(14-17-4-2-3-5-20(17)25)23(29)26-19-12-10-18(24)11-13-19/h2-14H,1H3,(H,26,29)(H,27,28)/b21-14-. The maximum Gasteiger partial charge on any atom is 0.272 e. The number of hydrogen-bond donors (Lipinski definition) is 2. The van der Waals surface area contributed by atoms with E-state index in [1.54, 1.807) is 66.7 Å². The van der Waals surface area contributed by atoms with Gasteiger partial charge in [-0.3, -0.25) is 9.59 Å². The lowest BCUT2D eigenvalue weighted by Crippen LogP contribution is -2.30. The zero-order valence-electron chi connectivity index (χ0n) is 15.6. The van der Waals surface area contributed by atoms with Crippen LogP contribution in [0.5, 0.6) is 0 Å². The van der Waals surface area contributed by atoms with Gasteiger partial charge in [-0.05, 0) is 61.0 Å². The molecule has 2 amide bonds. The van der Waals surface area contributed by atoms with Crippen molar-refractivity contribution in [2.75, 3.05) is 5.32 Å². The van der Waals surface area contributed by atoms with Crippen LogP contribution in [0.15, 0.2) is 78.5 Å². The van der Waals surface area contributed by atoms with Crippen molar-refractivity contribution in [2.24, 2.45) is 0 Å². The topological polar surface area (TPSA) is 58.2 Å². The van der Waals surface area contributed by atoms with Crippen LogP contribution in [0, 0.1) is 6.92 Å². The average Bonchev–Trinajstić information content (AvgIpc) is 2.71. The van der Waals surface area contributed by atoms with E-state index in [4.69, 9.17) is 23.2 Å². The van der Waals surface area contributed by atoms with Gasteiger partial charge in [0.05, 0.1) is 0 Å². The van der Waals surface area contributed by atoms with Gasteiger partial charge in [0.15, 0.2) is 0 Å². The number of amides is 2. The third kappa shape index (κ3) is 5.70. The summed E-state index contributed by atoms with van der Waals surface area (Å²) in [5.74, 6) is -0.873. The first-order valence-electron chi connectivity index (χ1n) is 8.83. The summed E-state index contributed by atoms with van der Waals surface area (Å²) in [6.45, 7) is 1.93. The van der Waals surface area contributed by atoms with Gasteiger partial charge in [0.2, 0.25) is 0 Å². The Morgan fingerprint density at radius 1 is 0.862 bits per heavy atom. The molecule has 29 heavy (non-hydrogen) atoms. The van der Waals surface area contributed by atoms with Crippen molar-refractivity contribution < 1.29 is 9.59 Å². The second-order valence-corrected chi connectivity index (χ2v) is 7.20. The Kier molecular flexibility index (Phi) is 6.70. The van der Waals surface area contributed by atoms with Crippen molar-refractivity contribution in [3.63, 3.8) is 0 Å².